The largest absolute Gasteiger partial charge is 0.492 e. The van der Waals surface area contributed by atoms with Gasteiger partial charge in [-0.05, 0) is 49.9 Å². The Kier molecular flexibility index (Phi) is 6.57. The number of nitrogens with zero attached hydrogens (tertiary/aromatic N) is 2. The van der Waals surface area contributed by atoms with Gasteiger partial charge in [0.2, 0.25) is 10.0 Å². The summed E-state index contributed by atoms with van der Waals surface area (Å²) in [5.41, 5.74) is 4.45. The second kappa shape index (κ2) is 8.78. The number of ketones is 1. The summed E-state index contributed by atoms with van der Waals surface area (Å²) < 4.78 is 31.8. The second-order valence-corrected chi connectivity index (χ2v) is 11.2. The van der Waals surface area contributed by atoms with Gasteiger partial charge in [-0.15, -0.1) is 0 Å². The molecule has 9 heteroatoms. The van der Waals surface area contributed by atoms with E-state index in [0.29, 0.717) is 30.1 Å². The van der Waals surface area contributed by atoms with Crippen molar-refractivity contribution in [2.75, 3.05) is 24.1 Å². The zero-order valence-corrected chi connectivity index (χ0v) is 21.1. The number of nitrogens with one attached hydrogen (secondary N) is 2. The first-order valence-corrected chi connectivity index (χ1v) is 12.7. The summed E-state index contributed by atoms with van der Waals surface area (Å²) >= 11 is 0. The van der Waals surface area contributed by atoms with Gasteiger partial charge >= 0.3 is 0 Å². The number of fused-ring (bicyclic) bond motifs is 1. The first-order valence-electron chi connectivity index (χ1n) is 10.8. The van der Waals surface area contributed by atoms with Gasteiger partial charge in [0.1, 0.15) is 17.3 Å². The van der Waals surface area contributed by atoms with E-state index >= 15 is 0 Å². The number of ether oxygens (including phenoxy) is 1. The van der Waals surface area contributed by atoms with Gasteiger partial charge in [-0.3, -0.25) is 14.9 Å². The quantitative estimate of drug-likeness (QED) is 0.593. The molecule has 1 aliphatic rings. The van der Waals surface area contributed by atoms with Crippen LogP contribution in [0.4, 0.5) is 5.69 Å². The molecular weight excluding hydrogens is 440 g/mol. The smallest absolute Gasteiger partial charge is 0.229 e. The van der Waals surface area contributed by atoms with Crippen molar-refractivity contribution in [3.05, 3.63) is 51.8 Å². The fourth-order valence-electron chi connectivity index (χ4n) is 4.06. The Morgan fingerprint density at radius 2 is 1.94 bits per heavy atom. The molecule has 1 aromatic heterocycles. The minimum Gasteiger partial charge on any atom is -0.492 e. The fourth-order valence-corrected chi connectivity index (χ4v) is 4.64. The highest BCUT2D eigenvalue weighted by atomic mass is 32.2. The number of aryl methyl sites for hydroxylation is 1. The summed E-state index contributed by atoms with van der Waals surface area (Å²) in [6.07, 6.45) is 1.10. The summed E-state index contributed by atoms with van der Waals surface area (Å²) in [4.78, 5) is 19.5. The Morgan fingerprint density at radius 1 is 1.27 bits per heavy atom. The van der Waals surface area contributed by atoms with Crippen molar-refractivity contribution in [2.45, 2.75) is 53.5 Å². The molecule has 0 radical (unpaired) electrons. The number of aromatic nitrogens is 1. The summed E-state index contributed by atoms with van der Waals surface area (Å²) in [6, 6.07) is 4.99. The predicted molar refractivity (Wildman–Crippen MR) is 130 cm³/mol. The van der Waals surface area contributed by atoms with Gasteiger partial charge in [0, 0.05) is 23.2 Å². The zero-order chi connectivity index (χ0) is 24.7. The lowest BCUT2D eigenvalue weighted by atomic mass is 9.84. The zero-order valence-electron chi connectivity index (χ0n) is 20.3. The molecule has 3 rings (SSSR count). The lowest BCUT2D eigenvalue weighted by Crippen LogP contribution is -2.30. The third-order valence-corrected chi connectivity index (χ3v) is 6.24. The SMILES string of the molecule is CCOc1c(C)nc2c(c1C)CN(CC(=O)c1ccc(NS(C)(=O)=O)c(C(C)(C)C)c1)C2=N. The molecule has 1 aliphatic heterocycles. The Bertz CT molecular complexity index is 1230. The van der Waals surface area contributed by atoms with Crippen LogP contribution in [-0.2, 0) is 22.0 Å². The lowest BCUT2D eigenvalue weighted by Gasteiger charge is -2.24. The highest BCUT2D eigenvalue weighted by Crippen LogP contribution is 2.34. The summed E-state index contributed by atoms with van der Waals surface area (Å²) in [5, 5.41) is 8.58. The number of benzene rings is 1. The Labute approximate surface area is 195 Å². The second-order valence-electron chi connectivity index (χ2n) is 9.42. The third-order valence-electron chi connectivity index (χ3n) is 5.64. The number of rotatable bonds is 7. The van der Waals surface area contributed by atoms with Crippen molar-refractivity contribution in [1.82, 2.24) is 9.88 Å². The van der Waals surface area contributed by atoms with Crippen LogP contribution in [0.5, 0.6) is 5.75 Å². The van der Waals surface area contributed by atoms with E-state index in [1.165, 1.54) is 0 Å². The van der Waals surface area contributed by atoms with Crippen LogP contribution in [-0.4, -0.2) is 49.3 Å². The standard InChI is InChI=1S/C24H32N4O4S/c1-8-32-22-14(2)17-12-28(23(25)21(17)26-15(22)3)13-20(29)16-9-10-19(27-33(7,30)31)18(11-16)24(4,5)6/h9-11,25,27H,8,12-13H2,1-7H3. The Balaban J connectivity index is 1.88. The van der Waals surface area contributed by atoms with Crippen molar-refractivity contribution >= 4 is 27.3 Å². The monoisotopic (exact) mass is 472 g/mol. The van der Waals surface area contributed by atoms with E-state index in [4.69, 9.17) is 10.1 Å². The van der Waals surface area contributed by atoms with E-state index in [9.17, 15) is 13.2 Å². The number of sulfonamides is 1. The molecule has 1 aromatic carbocycles. The van der Waals surface area contributed by atoms with Crippen LogP contribution in [0.3, 0.4) is 0 Å². The van der Waals surface area contributed by atoms with Crippen molar-refractivity contribution in [3.8, 4) is 5.75 Å². The van der Waals surface area contributed by atoms with Gasteiger partial charge in [0.15, 0.2) is 5.78 Å². The van der Waals surface area contributed by atoms with Gasteiger partial charge in [0.25, 0.3) is 0 Å². The molecule has 0 saturated heterocycles. The average molecular weight is 473 g/mol. The van der Waals surface area contributed by atoms with Crippen molar-refractivity contribution in [3.63, 3.8) is 0 Å². The summed E-state index contributed by atoms with van der Waals surface area (Å²) in [5.74, 6) is 0.809. The molecule has 0 saturated carbocycles. The molecule has 0 fully saturated rings. The maximum Gasteiger partial charge on any atom is 0.229 e. The highest BCUT2D eigenvalue weighted by Gasteiger charge is 2.31. The molecule has 8 nitrogen and oxygen atoms in total. The van der Waals surface area contributed by atoms with E-state index in [-0.39, 0.29) is 23.6 Å². The molecule has 0 aliphatic carbocycles. The van der Waals surface area contributed by atoms with Gasteiger partial charge in [-0.1, -0.05) is 20.8 Å². The molecule has 33 heavy (non-hydrogen) atoms. The normalized spacial score (nSPS) is 13.8. The van der Waals surface area contributed by atoms with Crippen LogP contribution in [0.15, 0.2) is 18.2 Å². The summed E-state index contributed by atoms with van der Waals surface area (Å²) in [6.45, 7) is 12.6. The van der Waals surface area contributed by atoms with Crippen molar-refractivity contribution < 1.29 is 17.9 Å². The van der Waals surface area contributed by atoms with Crippen molar-refractivity contribution in [1.29, 1.82) is 5.41 Å². The molecular formula is C24H32N4O4S. The van der Waals surface area contributed by atoms with Crippen LogP contribution in [0.25, 0.3) is 0 Å². The maximum atomic E-state index is 13.2. The maximum absolute atomic E-state index is 13.2. The van der Waals surface area contributed by atoms with Gasteiger partial charge in [0.05, 0.1) is 30.8 Å². The van der Waals surface area contributed by atoms with E-state index in [0.717, 1.165) is 34.4 Å². The molecule has 2 aromatic rings. The van der Waals surface area contributed by atoms with Gasteiger partial charge in [-0.2, -0.15) is 0 Å². The van der Waals surface area contributed by atoms with Gasteiger partial charge in [-0.25, -0.2) is 13.4 Å². The van der Waals surface area contributed by atoms with Crippen LogP contribution in [0.1, 0.15) is 66.1 Å². The lowest BCUT2D eigenvalue weighted by molar-refractivity contribution is 0.0962. The number of pyridine rings is 1. The highest BCUT2D eigenvalue weighted by molar-refractivity contribution is 7.92. The van der Waals surface area contributed by atoms with Gasteiger partial charge < -0.3 is 9.64 Å². The molecule has 0 amide bonds. The molecule has 0 unspecified atom stereocenters. The molecule has 0 spiro atoms. The number of carbonyl (C=O) groups excluding carboxylic acids is 1. The molecule has 2 N–H and O–H groups in total. The van der Waals surface area contributed by atoms with E-state index in [1.807, 2.05) is 41.5 Å². The van der Waals surface area contributed by atoms with Crippen LogP contribution >= 0.6 is 0 Å². The number of hydrogen-bond donors (Lipinski definition) is 2. The predicted octanol–water partition coefficient (Wildman–Crippen LogP) is 3.79. The third kappa shape index (κ3) is 5.19. The number of amidine groups is 1. The van der Waals surface area contributed by atoms with Crippen LogP contribution < -0.4 is 9.46 Å². The summed E-state index contributed by atoms with van der Waals surface area (Å²) in [7, 11) is -3.45. The molecule has 2 heterocycles. The molecule has 178 valence electrons. The average Bonchev–Trinajstić information content (AvgIpc) is 2.99. The first-order chi connectivity index (χ1) is 15.2. The van der Waals surface area contributed by atoms with Crippen molar-refractivity contribution in [2.24, 2.45) is 0 Å². The van der Waals surface area contributed by atoms with E-state index in [2.05, 4.69) is 9.71 Å². The number of Topliss-reactive ketones (excluding diaryl/α,β-unsaturated/α-hetero) is 1. The first kappa shape index (κ1) is 24.7. The number of anilines is 1. The Morgan fingerprint density at radius 3 is 2.52 bits per heavy atom. The topological polar surface area (TPSA) is 112 Å². The number of hydrogen-bond acceptors (Lipinski definition) is 6. The fraction of sp³-hybridized carbons (Fsp3) is 0.458. The minimum atomic E-state index is -3.45. The number of carbonyl (C=O) groups is 1. The van der Waals surface area contributed by atoms with Crippen LogP contribution in [0.2, 0.25) is 0 Å². The van der Waals surface area contributed by atoms with Crippen LogP contribution in [0, 0.1) is 19.3 Å². The Hall–Kier alpha value is -2.94. The van der Waals surface area contributed by atoms with E-state index in [1.54, 1.807) is 23.1 Å². The molecule has 0 atom stereocenters. The molecule has 0 bridgehead atoms. The van der Waals surface area contributed by atoms with E-state index < -0.39 is 10.0 Å². The minimum absolute atomic E-state index is 0.0279.